The highest BCUT2D eigenvalue weighted by Crippen LogP contribution is 2.24. The van der Waals surface area contributed by atoms with Crippen molar-refractivity contribution in [3.05, 3.63) is 52.0 Å². The van der Waals surface area contributed by atoms with Gasteiger partial charge in [-0.1, -0.05) is 30.3 Å². The second-order valence-electron chi connectivity index (χ2n) is 6.09. The monoisotopic (exact) mass is 344 g/mol. The van der Waals surface area contributed by atoms with Gasteiger partial charge in [0.15, 0.2) is 0 Å². The lowest BCUT2D eigenvalue weighted by Crippen LogP contribution is -2.37. The Morgan fingerprint density at radius 2 is 2.04 bits per heavy atom. The number of hydrogen-bond donors (Lipinski definition) is 2. The third-order valence-electron chi connectivity index (χ3n) is 4.37. The van der Waals surface area contributed by atoms with Gasteiger partial charge in [0.25, 0.3) is 0 Å². The highest BCUT2D eigenvalue weighted by atomic mass is 32.1. The summed E-state index contributed by atoms with van der Waals surface area (Å²) in [6.45, 7) is 3.26. The first-order valence-corrected chi connectivity index (χ1v) is 9.33. The quantitative estimate of drug-likeness (QED) is 0.807. The molecule has 0 aliphatic carbocycles. The minimum absolute atomic E-state index is 0.0176. The van der Waals surface area contributed by atoms with E-state index in [1.807, 2.05) is 11.4 Å². The van der Waals surface area contributed by atoms with Gasteiger partial charge in [0.2, 0.25) is 5.91 Å². The summed E-state index contributed by atoms with van der Waals surface area (Å²) in [6.07, 6.45) is 2.79. The van der Waals surface area contributed by atoms with Crippen LogP contribution in [0.25, 0.3) is 0 Å². The zero-order valence-electron chi connectivity index (χ0n) is 13.8. The molecule has 1 amide bonds. The number of nitrogens with zero attached hydrogens (tertiary/aromatic N) is 2. The maximum atomic E-state index is 12.3. The van der Waals surface area contributed by atoms with Crippen LogP contribution >= 0.6 is 11.3 Å². The molecular weight excluding hydrogens is 320 g/mol. The lowest BCUT2D eigenvalue weighted by atomic mass is 10.1. The van der Waals surface area contributed by atoms with Crippen LogP contribution in [0.2, 0.25) is 0 Å². The largest absolute Gasteiger partial charge is 0.354 e. The number of aromatic nitrogens is 1. The van der Waals surface area contributed by atoms with E-state index in [4.69, 9.17) is 5.73 Å². The van der Waals surface area contributed by atoms with Crippen molar-refractivity contribution in [1.29, 1.82) is 0 Å². The number of rotatable bonds is 7. The van der Waals surface area contributed by atoms with Crippen molar-refractivity contribution in [3.8, 4) is 0 Å². The van der Waals surface area contributed by atoms with E-state index in [2.05, 4.69) is 39.5 Å². The summed E-state index contributed by atoms with van der Waals surface area (Å²) in [5, 5.41) is 5.87. The van der Waals surface area contributed by atoms with Crippen LogP contribution in [0.5, 0.6) is 0 Å². The van der Waals surface area contributed by atoms with Crippen LogP contribution in [0.15, 0.2) is 35.7 Å². The minimum Gasteiger partial charge on any atom is -0.354 e. The normalized spacial score (nSPS) is 16.2. The van der Waals surface area contributed by atoms with Gasteiger partial charge in [-0.05, 0) is 31.5 Å². The summed E-state index contributed by atoms with van der Waals surface area (Å²) < 4.78 is 0. The molecule has 0 bridgehead atoms. The van der Waals surface area contributed by atoms with E-state index in [9.17, 15) is 4.79 Å². The van der Waals surface area contributed by atoms with Gasteiger partial charge in [0, 0.05) is 18.5 Å². The summed E-state index contributed by atoms with van der Waals surface area (Å²) in [5.41, 5.74) is 7.63. The molecule has 0 spiro atoms. The van der Waals surface area contributed by atoms with E-state index < -0.39 is 0 Å². The zero-order chi connectivity index (χ0) is 16.8. The van der Waals surface area contributed by atoms with E-state index >= 15 is 0 Å². The second kappa shape index (κ2) is 8.37. The molecule has 1 fully saturated rings. The first-order chi connectivity index (χ1) is 11.8. The number of benzene rings is 1. The predicted molar refractivity (Wildman–Crippen MR) is 96.7 cm³/mol. The number of amides is 1. The molecule has 6 heteroatoms. The van der Waals surface area contributed by atoms with Crippen molar-refractivity contribution in [2.75, 3.05) is 19.6 Å². The van der Waals surface area contributed by atoms with Crippen LogP contribution < -0.4 is 11.1 Å². The Kier molecular flexibility index (Phi) is 5.96. The number of thiazole rings is 1. The molecule has 0 radical (unpaired) electrons. The van der Waals surface area contributed by atoms with E-state index in [1.165, 1.54) is 29.7 Å². The summed E-state index contributed by atoms with van der Waals surface area (Å²) in [6, 6.07) is 10.7. The SMILES string of the molecule is NCc1nc(CC(=O)NCC(c2ccccc2)N2CCCC2)cs1. The number of carbonyl (C=O) groups is 1. The van der Waals surface area contributed by atoms with Gasteiger partial charge >= 0.3 is 0 Å². The summed E-state index contributed by atoms with van der Waals surface area (Å²) in [7, 11) is 0. The molecule has 1 unspecified atom stereocenters. The van der Waals surface area contributed by atoms with E-state index in [0.29, 0.717) is 19.5 Å². The molecule has 1 saturated heterocycles. The Morgan fingerprint density at radius 3 is 2.71 bits per heavy atom. The van der Waals surface area contributed by atoms with Gasteiger partial charge < -0.3 is 11.1 Å². The highest BCUT2D eigenvalue weighted by molar-refractivity contribution is 7.09. The molecule has 1 aromatic carbocycles. The van der Waals surface area contributed by atoms with E-state index in [-0.39, 0.29) is 11.9 Å². The van der Waals surface area contributed by atoms with Crippen molar-refractivity contribution in [2.24, 2.45) is 5.73 Å². The van der Waals surface area contributed by atoms with Crippen molar-refractivity contribution in [2.45, 2.75) is 31.8 Å². The molecule has 1 atom stereocenters. The van der Waals surface area contributed by atoms with E-state index in [1.54, 1.807) is 0 Å². The molecule has 1 aliphatic heterocycles. The molecule has 2 heterocycles. The average Bonchev–Trinajstić information content (AvgIpc) is 3.28. The molecule has 1 aromatic heterocycles. The minimum atomic E-state index is 0.0176. The van der Waals surface area contributed by atoms with Crippen LogP contribution in [0.1, 0.15) is 35.1 Å². The van der Waals surface area contributed by atoms with Gasteiger partial charge in [-0.25, -0.2) is 4.98 Å². The lowest BCUT2D eigenvalue weighted by Gasteiger charge is -2.28. The number of carbonyl (C=O) groups excluding carboxylic acids is 1. The van der Waals surface area contributed by atoms with Gasteiger partial charge in [0.1, 0.15) is 5.01 Å². The standard InChI is InChI=1S/C18H24N4OS/c19-11-18-21-15(13-24-18)10-17(23)20-12-16(22-8-4-5-9-22)14-6-2-1-3-7-14/h1-3,6-7,13,16H,4-5,8-12,19H2,(H,20,23). The second-order valence-corrected chi connectivity index (χ2v) is 7.03. The smallest absolute Gasteiger partial charge is 0.226 e. The van der Waals surface area contributed by atoms with Crippen molar-refractivity contribution in [1.82, 2.24) is 15.2 Å². The topological polar surface area (TPSA) is 71.2 Å². The van der Waals surface area contributed by atoms with Crippen LogP contribution in [0.4, 0.5) is 0 Å². The van der Waals surface area contributed by atoms with Crippen LogP contribution in [0, 0.1) is 0 Å². The maximum Gasteiger partial charge on any atom is 0.226 e. The Hall–Kier alpha value is -1.76. The van der Waals surface area contributed by atoms with Crippen LogP contribution in [0.3, 0.4) is 0 Å². The molecular formula is C18H24N4OS. The van der Waals surface area contributed by atoms with Crippen molar-refractivity contribution in [3.63, 3.8) is 0 Å². The Morgan fingerprint density at radius 1 is 1.29 bits per heavy atom. The third kappa shape index (κ3) is 4.41. The van der Waals surface area contributed by atoms with Crippen molar-refractivity contribution >= 4 is 17.2 Å². The van der Waals surface area contributed by atoms with Crippen LogP contribution in [-0.4, -0.2) is 35.4 Å². The highest BCUT2D eigenvalue weighted by Gasteiger charge is 2.23. The molecule has 5 nitrogen and oxygen atoms in total. The fourth-order valence-corrected chi connectivity index (χ4v) is 3.82. The number of nitrogens with one attached hydrogen (secondary N) is 1. The molecule has 0 saturated carbocycles. The zero-order valence-corrected chi connectivity index (χ0v) is 14.6. The first-order valence-electron chi connectivity index (χ1n) is 8.45. The Balaban J connectivity index is 1.59. The maximum absolute atomic E-state index is 12.3. The number of nitrogens with two attached hydrogens (primary N) is 1. The lowest BCUT2D eigenvalue weighted by molar-refractivity contribution is -0.120. The fourth-order valence-electron chi connectivity index (χ4n) is 3.15. The van der Waals surface area contributed by atoms with Gasteiger partial charge in [-0.3, -0.25) is 9.69 Å². The van der Waals surface area contributed by atoms with Crippen molar-refractivity contribution < 1.29 is 4.79 Å². The average molecular weight is 344 g/mol. The van der Waals surface area contributed by atoms with Crippen LogP contribution in [-0.2, 0) is 17.8 Å². The van der Waals surface area contributed by atoms with Gasteiger partial charge in [-0.15, -0.1) is 11.3 Å². The molecule has 2 aromatic rings. The molecule has 3 rings (SSSR count). The molecule has 128 valence electrons. The van der Waals surface area contributed by atoms with Gasteiger partial charge in [0.05, 0.1) is 18.2 Å². The van der Waals surface area contributed by atoms with Gasteiger partial charge in [-0.2, -0.15) is 0 Å². The third-order valence-corrected chi connectivity index (χ3v) is 5.29. The molecule has 24 heavy (non-hydrogen) atoms. The summed E-state index contributed by atoms with van der Waals surface area (Å²) in [5.74, 6) is 0.0176. The summed E-state index contributed by atoms with van der Waals surface area (Å²) in [4.78, 5) is 19.1. The molecule has 3 N–H and O–H groups in total. The molecule has 1 aliphatic rings. The summed E-state index contributed by atoms with van der Waals surface area (Å²) >= 11 is 1.51. The number of likely N-dealkylation sites (tertiary alicyclic amines) is 1. The van der Waals surface area contributed by atoms with E-state index in [0.717, 1.165) is 23.8 Å². The first kappa shape index (κ1) is 17.1. The predicted octanol–water partition coefficient (Wildman–Crippen LogP) is 2.10. The fraction of sp³-hybridized carbons (Fsp3) is 0.444. The Labute approximate surface area is 146 Å². The number of hydrogen-bond acceptors (Lipinski definition) is 5. The Bertz CT molecular complexity index is 652.